The lowest BCUT2D eigenvalue weighted by atomic mass is 9.73. The van der Waals surface area contributed by atoms with Crippen molar-refractivity contribution in [3.05, 3.63) is 0 Å². The molecule has 3 atom stereocenters. The highest BCUT2D eigenvalue weighted by Gasteiger charge is 2.40. The number of rotatable bonds is 1. The second kappa shape index (κ2) is 3.45. The molecule has 0 bridgehead atoms. The highest BCUT2D eigenvalue weighted by atomic mass is 16.5. The van der Waals surface area contributed by atoms with E-state index in [0.717, 1.165) is 25.2 Å². The van der Waals surface area contributed by atoms with Crippen LogP contribution in [-0.2, 0) is 4.74 Å². The van der Waals surface area contributed by atoms with Crippen molar-refractivity contribution in [3.8, 4) is 6.07 Å². The van der Waals surface area contributed by atoms with Gasteiger partial charge in [-0.2, -0.15) is 5.26 Å². The molecule has 0 radical (unpaired) electrons. The molecule has 0 aromatic rings. The molecule has 1 rings (SSSR count). The molecule has 1 fully saturated rings. The largest absolute Gasteiger partial charge is 0.363 e. The fraction of sp³-hybridized carbons (Fsp3) is 0.900. The Balaban J connectivity index is 2.72. The zero-order valence-corrected chi connectivity index (χ0v) is 8.13. The number of methoxy groups -OCH3 is 1. The van der Waals surface area contributed by atoms with E-state index < -0.39 is 5.60 Å². The number of hydrogen-bond donors (Lipinski definition) is 0. The predicted octanol–water partition coefficient (Wildman–Crippen LogP) is 2.35. The topological polar surface area (TPSA) is 33.0 Å². The molecule has 68 valence electrons. The van der Waals surface area contributed by atoms with Crippen LogP contribution in [0.3, 0.4) is 0 Å². The molecule has 0 aliphatic heterocycles. The number of hydrogen-bond acceptors (Lipinski definition) is 2. The van der Waals surface area contributed by atoms with E-state index in [1.54, 1.807) is 7.11 Å². The first-order chi connectivity index (χ1) is 5.64. The number of nitrogens with zero attached hydrogens (tertiary/aromatic N) is 1. The summed E-state index contributed by atoms with van der Waals surface area (Å²) in [5.41, 5.74) is -0.494. The SMILES string of the molecule is COC1(C#N)CCC(C)CC1C. The van der Waals surface area contributed by atoms with E-state index in [1.807, 2.05) is 0 Å². The number of nitriles is 1. The van der Waals surface area contributed by atoms with E-state index in [-0.39, 0.29) is 0 Å². The van der Waals surface area contributed by atoms with Gasteiger partial charge in [0.05, 0.1) is 6.07 Å². The van der Waals surface area contributed by atoms with Gasteiger partial charge in [0.1, 0.15) is 0 Å². The van der Waals surface area contributed by atoms with Crippen molar-refractivity contribution in [2.24, 2.45) is 11.8 Å². The Kier molecular flexibility index (Phi) is 2.74. The van der Waals surface area contributed by atoms with Crippen LogP contribution < -0.4 is 0 Å². The molecule has 0 heterocycles. The molecular weight excluding hydrogens is 150 g/mol. The van der Waals surface area contributed by atoms with E-state index in [1.165, 1.54) is 0 Å². The first-order valence-electron chi connectivity index (χ1n) is 4.61. The highest BCUT2D eigenvalue weighted by Crippen LogP contribution is 2.38. The van der Waals surface area contributed by atoms with Gasteiger partial charge in [-0.3, -0.25) is 0 Å². The van der Waals surface area contributed by atoms with E-state index in [2.05, 4.69) is 19.9 Å². The molecule has 0 saturated heterocycles. The molecule has 3 unspecified atom stereocenters. The van der Waals surface area contributed by atoms with Crippen molar-refractivity contribution in [1.29, 1.82) is 5.26 Å². The van der Waals surface area contributed by atoms with Gasteiger partial charge >= 0.3 is 0 Å². The maximum absolute atomic E-state index is 9.02. The minimum Gasteiger partial charge on any atom is -0.363 e. The summed E-state index contributed by atoms with van der Waals surface area (Å²) in [7, 11) is 1.65. The first-order valence-corrected chi connectivity index (χ1v) is 4.61. The van der Waals surface area contributed by atoms with E-state index in [9.17, 15) is 0 Å². The van der Waals surface area contributed by atoms with Crippen LogP contribution in [-0.4, -0.2) is 12.7 Å². The van der Waals surface area contributed by atoms with E-state index in [4.69, 9.17) is 10.00 Å². The van der Waals surface area contributed by atoms with Gasteiger partial charge < -0.3 is 4.74 Å². The van der Waals surface area contributed by atoms with Gasteiger partial charge in [-0.1, -0.05) is 13.8 Å². The molecule has 1 aliphatic rings. The van der Waals surface area contributed by atoms with Gasteiger partial charge in [0, 0.05) is 7.11 Å². The summed E-state index contributed by atoms with van der Waals surface area (Å²) < 4.78 is 5.33. The van der Waals surface area contributed by atoms with Crippen LogP contribution in [0.2, 0.25) is 0 Å². The van der Waals surface area contributed by atoms with Gasteiger partial charge in [0.2, 0.25) is 0 Å². The maximum Gasteiger partial charge on any atom is 0.156 e. The maximum atomic E-state index is 9.02. The zero-order valence-electron chi connectivity index (χ0n) is 8.13. The molecule has 0 N–H and O–H groups in total. The number of ether oxygens (including phenoxy) is 1. The lowest BCUT2D eigenvalue weighted by Gasteiger charge is -2.38. The molecule has 0 aromatic heterocycles. The lowest BCUT2D eigenvalue weighted by molar-refractivity contribution is -0.0416. The van der Waals surface area contributed by atoms with Crippen molar-refractivity contribution in [3.63, 3.8) is 0 Å². The Morgan fingerprint density at radius 2 is 2.17 bits per heavy atom. The van der Waals surface area contributed by atoms with Crippen molar-refractivity contribution in [2.75, 3.05) is 7.11 Å². The lowest BCUT2D eigenvalue weighted by Crippen LogP contribution is -2.41. The Bertz CT molecular complexity index is 197. The molecule has 1 aliphatic carbocycles. The molecule has 1 saturated carbocycles. The van der Waals surface area contributed by atoms with Gasteiger partial charge in [0.25, 0.3) is 0 Å². The van der Waals surface area contributed by atoms with Gasteiger partial charge in [0.15, 0.2) is 5.60 Å². The van der Waals surface area contributed by atoms with Gasteiger partial charge in [-0.05, 0) is 31.1 Å². The normalized spacial score (nSPS) is 42.2. The summed E-state index contributed by atoms with van der Waals surface area (Å²) in [4.78, 5) is 0. The summed E-state index contributed by atoms with van der Waals surface area (Å²) in [6.07, 6.45) is 3.12. The quantitative estimate of drug-likeness (QED) is 0.600. The van der Waals surface area contributed by atoms with Crippen LogP contribution in [0, 0.1) is 23.2 Å². The third kappa shape index (κ3) is 1.47. The second-order valence-electron chi connectivity index (χ2n) is 3.99. The summed E-state index contributed by atoms with van der Waals surface area (Å²) in [6.45, 7) is 4.36. The zero-order chi connectivity index (χ0) is 9.19. The molecule has 0 amide bonds. The van der Waals surface area contributed by atoms with Crippen LogP contribution in [0.5, 0.6) is 0 Å². The predicted molar refractivity (Wildman–Crippen MR) is 47.5 cm³/mol. The summed E-state index contributed by atoms with van der Waals surface area (Å²) in [5.74, 6) is 1.12. The Morgan fingerprint density at radius 1 is 1.50 bits per heavy atom. The third-order valence-electron chi connectivity index (χ3n) is 3.11. The Labute approximate surface area is 74.5 Å². The standard InChI is InChI=1S/C10H17NO/c1-8-4-5-10(7-11,12-3)9(2)6-8/h8-9H,4-6H2,1-3H3. The van der Waals surface area contributed by atoms with E-state index in [0.29, 0.717) is 5.92 Å². The Morgan fingerprint density at radius 3 is 2.58 bits per heavy atom. The van der Waals surface area contributed by atoms with Crippen molar-refractivity contribution in [1.82, 2.24) is 0 Å². The molecular formula is C10H17NO. The van der Waals surface area contributed by atoms with Crippen molar-refractivity contribution in [2.45, 2.75) is 38.7 Å². The third-order valence-corrected chi connectivity index (χ3v) is 3.11. The fourth-order valence-corrected chi connectivity index (χ4v) is 2.13. The molecule has 0 spiro atoms. The average Bonchev–Trinajstić information content (AvgIpc) is 2.06. The summed E-state index contributed by atoms with van der Waals surface area (Å²) in [5, 5.41) is 9.02. The van der Waals surface area contributed by atoms with Crippen LogP contribution in [0.1, 0.15) is 33.1 Å². The summed E-state index contributed by atoms with van der Waals surface area (Å²) >= 11 is 0. The minimum atomic E-state index is -0.494. The monoisotopic (exact) mass is 167 g/mol. The first kappa shape index (κ1) is 9.54. The van der Waals surface area contributed by atoms with Crippen LogP contribution >= 0.6 is 0 Å². The smallest absolute Gasteiger partial charge is 0.156 e. The Hall–Kier alpha value is -0.550. The van der Waals surface area contributed by atoms with Gasteiger partial charge in [-0.25, -0.2) is 0 Å². The summed E-state index contributed by atoms with van der Waals surface area (Å²) in [6, 6.07) is 2.32. The average molecular weight is 167 g/mol. The fourth-order valence-electron chi connectivity index (χ4n) is 2.13. The van der Waals surface area contributed by atoms with Crippen LogP contribution in [0.25, 0.3) is 0 Å². The minimum absolute atomic E-state index is 0.372. The molecule has 12 heavy (non-hydrogen) atoms. The van der Waals surface area contributed by atoms with Gasteiger partial charge in [-0.15, -0.1) is 0 Å². The van der Waals surface area contributed by atoms with E-state index >= 15 is 0 Å². The van der Waals surface area contributed by atoms with Crippen molar-refractivity contribution >= 4 is 0 Å². The molecule has 2 heteroatoms. The van der Waals surface area contributed by atoms with Crippen LogP contribution in [0.4, 0.5) is 0 Å². The molecule has 0 aromatic carbocycles. The molecule has 2 nitrogen and oxygen atoms in total. The van der Waals surface area contributed by atoms with Crippen molar-refractivity contribution < 1.29 is 4.74 Å². The van der Waals surface area contributed by atoms with Crippen LogP contribution in [0.15, 0.2) is 0 Å². The second-order valence-corrected chi connectivity index (χ2v) is 3.99. The highest BCUT2D eigenvalue weighted by molar-refractivity contribution is 5.07.